The number of hydrogen-bond acceptors (Lipinski definition) is 3. The van der Waals surface area contributed by atoms with Gasteiger partial charge in [0.2, 0.25) is 0 Å². The Hall–Kier alpha value is -3.70. The molecule has 0 saturated heterocycles. The number of rotatable bonds is 7. The number of nitrogens with zero attached hydrogens (tertiary/aromatic N) is 3. The minimum Gasteiger partial charge on any atom is -0.487 e. The third-order valence-electron chi connectivity index (χ3n) is 6.76. The highest BCUT2D eigenvalue weighted by molar-refractivity contribution is 6.29. The molecule has 0 aliphatic heterocycles. The number of aromatic nitrogens is 3. The van der Waals surface area contributed by atoms with Crippen LogP contribution in [0.2, 0.25) is 5.15 Å². The van der Waals surface area contributed by atoms with E-state index in [0.29, 0.717) is 11.8 Å². The lowest BCUT2D eigenvalue weighted by Crippen LogP contribution is -2.21. The number of halogens is 2. The molecule has 0 spiro atoms. The van der Waals surface area contributed by atoms with Gasteiger partial charge < -0.3 is 9.30 Å². The number of ether oxygens (including phenoxy) is 1. The molecular weight excluding hydrogens is 497 g/mol. The van der Waals surface area contributed by atoms with Gasteiger partial charge in [-0.1, -0.05) is 68.8 Å². The molecular formula is C32H31ClFN3O. The minimum absolute atomic E-state index is 0.0803. The van der Waals surface area contributed by atoms with E-state index >= 15 is 0 Å². The van der Waals surface area contributed by atoms with E-state index in [1.54, 1.807) is 6.07 Å². The normalized spacial score (nSPS) is 12.6. The summed E-state index contributed by atoms with van der Waals surface area (Å²) in [5.41, 5.74) is 4.81. The van der Waals surface area contributed by atoms with Crippen molar-refractivity contribution in [1.29, 1.82) is 0 Å². The molecule has 0 aliphatic carbocycles. The van der Waals surface area contributed by atoms with E-state index in [9.17, 15) is 4.39 Å². The van der Waals surface area contributed by atoms with Gasteiger partial charge in [0.25, 0.3) is 0 Å². The van der Waals surface area contributed by atoms with Crippen LogP contribution in [0.25, 0.3) is 22.3 Å². The zero-order chi connectivity index (χ0) is 26.9. The number of fused-ring (bicyclic) bond motifs is 1. The summed E-state index contributed by atoms with van der Waals surface area (Å²) in [6, 6.07) is 25.1. The van der Waals surface area contributed by atoms with Crippen LogP contribution in [-0.2, 0) is 13.2 Å². The lowest BCUT2D eigenvalue weighted by molar-refractivity contribution is 0.300. The van der Waals surface area contributed by atoms with Crippen molar-refractivity contribution in [3.05, 3.63) is 113 Å². The third-order valence-corrected chi connectivity index (χ3v) is 6.94. The van der Waals surface area contributed by atoms with Crippen molar-refractivity contribution in [2.24, 2.45) is 5.41 Å². The van der Waals surface area contributed by atoms with Gasteiger partial charge in [-0.3, -0.25) is 0 Å². The Morgan fingerprint density at radius 1 is 0.947 bits per heavy atom. The van der Waals surface area contributed by atoms with E-state index in [1.807, 2.05) is 30.5 Å². The Kier molecular flexibility index (Phi) is 7.22. The van der Waals surface area contributed by atoms with Gasteiger partial charge in [-0.15, -0.1) is 0 Å². The predicted octanol–water partition coefficient (Wildman–Crippen LogP) is 8.67. The molecule has 2 heterocycles. The third kappa shape index (κ3) is 5.44. The van der Waals surface area contributed by atoms with Crippen molar-refractivity contribution in [3.8, 4) is 17.1 Å². The average Bonchev–Trinajstić information content (AvgIpc) is 3.28. The standard InChI is InChI=1S/C32H31ClFN3O/c1-5-37-19-29(33)36-31(37)26-15-14-25(18-27(26)30(32(2,3)4)21-9-7-6-8-10-21)38-20-24-13-11-22-17-23(34)12-16-28(22)35-24/h6-19,30H,5,20H2,1-4H3. The first-order valence-electron chi connectivity index (χ1n) is 12.8. The number of benzene rings is 3. The Balaban J connectivity index is 1.56. The zero-order valence-electron chi connectivity index (χ0n) is 22.1. The fourth-order valence-electron chi connectivity index (χ4n) is 5.08. The number of pyridine rings is 1. The van der Waals surface area contributed by atoms with E-state index in [2.05, 4.69) is 78.6 Å². The Morgan fingerprint density at radius 3 is 2.47 bits per heavy atom. The second-order valence-electron chi connectivity index (χ2n) is 10.6. The molecule has 194 valence electrons. The van der Waals surface area contributed by atoms with Crippen LogP contribution >= 0.6 is 11.6 Å². The minimum atomic E-state index is -0.271. The maximum Gasteiger partial charge on any atom is 0.147 e. The summed E-state index contributed by atoms with van der Waals surface area (Å²) in [6.45, 7) is 9.90. The second-order valence-corrected chi connectivity index (χ2v) is 10.9. The number of hydrogen-bond donors (Lipinski definition) is 0. The van der Waals surface area contributed by atoms with Crippen LogP contribution in [0.5, 0.6) is 5.75 Å². The Labute approximate surface area is 228 Å². The molecule has 0 radical (unpaired) electrons. The highest BCUT2D eigenvalue weighted by Crippen LogP contribution is 2.45. The van der Waals surface area contributed by atoms with Gasteiger partial charge in [-0.2, -0.15) is 0 Å². The summed E-state index contributed by atoms with van der Waals surface area (Å²) in [5, 5.41) is 1.24. The van der Waals surface area contributed by atoms with Crippen LogP contribution in [-0.4, -0.2) is 14.5 Å². The first-order valence-corrected chi connectivity index (χ1v) is 13.2. The van der Waals surface area contributed by atoms with Gasteiger partial charge >= 0.3 is 0 Å². The number of imidazole rings is 1. The van der Waals surface area contributed by atoms with Gasteiger partial charge in [-0.05, 0) is 65.9 Å². The molecule has 0 saturated carbocycles. The SMILES string of the molecule is CCn1cc(Cl)nc1-c1ccc(OCc2ccc3cc(F)ccc3n2)cc1C(c1ccccc1)C(C)(C)C. The molecule has 5 rings (SSSR count). The molecule has 6 heteroatoms. The smallest absolute Gasteiger partial charge is 0.147 e. The average molecular weight is 528 g/mol. The summed E-state index contributed by atoms with van der Waals surface area (Å²) in [5.74, 6) is 1.40. The van der Waals surface area contributed by atoms with Crippen LogP contribution in [0.1, 0.15) is 50.4 Å². The van der Waals surface area contributed by atoms with Crippen molar-refractivity contribution < 1.29 is 9.13 Å². The van der Waals surface area contributed by atoms with E-state index in [1.165, 1.54) is 17.7 Å². The fraction of sp³-hybridized carbons (Fsp3) is 0.250. The molecule has 0 fully saturated rings. The monoisotopic (exact) mass is 527 g/mol. The Morgan fingerprint density at radius 2 is 1.74 bits per heavy atom. The molecule has 3 aromatic carbocycles. The van der Waals surface area contributed by atoms with Crippen LogP contribution in [0.15, 0.2) is 85.1 Å². The highest BCUT2D eigenvalue weighted by Gasteiger charge is 2.31. The topological polar surface area (TPSA) is 39.9 Å². The summed E-state index contributed by atoms with van der Waals surface area (Å²) in [4.78, 5) is 9.33. The van der Waals surface area contributed by atoms with Crippen molar-refractivity contribution in [2.75, 3.05) is 0 Å². The molecule has 2 aromatic heterocycles. The van der Waals surface area contributed by atoms with Gasteiger partial charge in [0, 0.05) is 29.6 Å². The lowest BCUT2D eigenvalue weighted by Gasteiger charge is -2.33. The fourth-order valence-corrected chi connectivity index (χ4v) is 5.28. The van der Waals surface area contributed by atoms with E-state index in [0.717, 1.165) is 45.8 Å². The van der Waals surface area contributed by atoms with Crippen molar-refractivity contribution in [1.82, 2.24) is 14.5 Å². The van der Waals surface area contributed by atoms with E-state index in [-0.39, 0.29) is 17.2 Å². The first kappa shape index (κ1) is 25.9. The van der Waals surface area contributed by atoms with Crippen LogP contribution in [0.4, 0.5) is 4.39 Å². The predicted molar refractivity (Wildman–Crippen MR) is 152 cm³/mol. The van der Waals surface area contributed by atoms with Crippen molar-refractivity contribution >= 4 is 22.5 Å². The molecule has 0 bridgehead atoms. The lowest BCUT2D eigenvalue weighted by atomic mass is 9.71. The molecule has 0 N–H and O–H groups in total. The van der Waals surface area contributed by atoms with Crippen LogP contribution in [0, 0.1) is 11.2 Å². The van der Waals surface area contributed by atoms with Crippen LogP contribution < -0.4 is 4.74 Å². The molecule has 1 atom stereocenters. The molecule has 0 amide bonds. The Bertz CT molecular complexity index is 1570. The largest absolute Gasteiger partial charge is 0.487 e. The van der Waals surface area contributed by atoms with Crippen molar-refractivity contribution in [2.45, 2.75) is 46.8 Å². The molecule has 38 heavy (non-hydrogen) atoms. The molecule has 1 unspecified atom stereocenters. The summed E-state index contributed by atoms with van der Waals surface area (Å²) < 4.78 is 21.9. The van der Waals surface area contributed by atoms with Crippen LogP contribution in [0.3, 0.4) is 0 Å². The maximum atomic E-state index is 13.6. The highest BCUT2D eigenvalue weighted by atomic mass is 35.5. The molecule has 0 aliphatic rings. The first-order chi connectivity index (χ1) is 18.2. The molecule has 4 nitrogen and oxygen atoms in total. The van der Waals surface area contributed by atoms with Gasteiger partial charge in [-0.25, -0.2) is 14.4 Å². The van der Waals surface area contributed by atoms with E-state index < -0.39 is 0 Å². The van der Waals surface area contributed by atoms with Gasteiger partial charge in [0.05, 0.1) is 11.2 Å². The summed E-state index contributed by atoms with van der Waals surface area (Å²) in [6.07, 6.45) is 1.87. The second kappa shape index (κ2) is 10.6. The summed E-state index contributed by atoms with van der Waals surface area (Å²) >= 11 is 6.35. The van der Waals surface area contributed by atoms with Crippen molar-refractivity contribution in [3.63, 3.8) is 0 Å². The van der Waals surface area contributed by atoms with Gasteiger partial charge in [0.1, 0.15) is 29.2 Å². The van der Waals surface area contributed by atoms with E-state index in [4.69, 9.17) is 16.3 Å². The molecule has 5 aromatic rings. The summed E-state index contributed by atoms with van der Waals surface area (Å²) in [7, 11) is 0. The number of aryl methyl sites for hydroxylation is 1. The quantitative estimate of drug-likeness (QED) is 0.212. The maximum absolute atomic E-state index is 13.6. The van der Waals surface area contributed by atoms with Gasteiger partial charge in [0.15, 0.2) is 0 Å². The zero-order valence-corrected chi connectivity index (χ0v) is 22.8.